The molecule has 1 heterocycles. The van der Waals surface area contributed by atoms with Gasteiger partial charge in [0.15, 0.2) is 0 Å². The Balaban J connectivity index is 1.21. The van der Waals surface area contributed by atoms with Crippen LogP contribution in [0.3, 0.4) is 0 Å². The minimum absolute atomic E-state index is 0.0307. The molecule has 5 heteroatoms. The Morgan fingerprint density at radius 1 is 1.04 bits per heavy atom. The first-order chi connectivity index (χ1) is 12.8. The number of aromatic nitrogens is 2. The molecule has 0 aliphatic heterocycles. The third kappa shape index (κ3) is 3.99. The van der Waals surface area contributed by atoms with Crippen LogP contribution < -0.4 is 5.32 Å². The van der Waals surface area contributed by atoms with E-state index in [4.69, 9.17) is 4.42 Å². The van der Waals surface area contributed by atoms with Gasteiger partial charge in [-0.2, -0.15) is 0 Å². The minimum Gasteiger partial charge on any atom is -0.421 e. The van der Waals surface area contributed by atoms with E-state index in [9.17, 15) is 4.79 Å². The topological polar surface area (TPSA) is 68.0 Å². The lowest BCUT2D eigenvalue weighted by Crippen LogP contribution is -2.26. The molecule has 1 amide bonds. The van der Waals surface area contributed by atoms with Gasteiger partial charge < -0.3 is 9.73 Å². The molecule has 1 saturated carbocycles. The summed E-state index contributed by atoms with van der Waals surface area (Å²) in [5.41, 5.74) is 2.25. The molecular formula is C21H21N3O2. The molecule has 2 aromatic carbocycles. The lowest BCUT2D eigenvalue weighted by Gasteiger charge is -2.04. The molecule has 26 heavy (non-hydrogen) atoms. The van der Waals surface area contributed by atoms with Gasteiger partial charge in [-0.05, 0) is 36.0 Å². The number of hydrogen-bond acceptors (Lipinski definition) is 4. The van der Waals surface area contributed by atoms with Crippen molar-refractivity contribution in [2.24, 2.45) is 5.92 Å². The first-order valence-corrected chi connectivity index (χ1v) is 8.99. The van der Waals surface area contributed by atoms with Crippen LogP contribution in [0.25, 0.3) is 11.5 Å². The van der Waals surface area contributed by atoms with Crippen molar-refractivity contribution in [3.63, 3.8) is 0 Å². The molecule has 1 N–H and O–H groups in total. The van der Waals surface area contributed by atoms with E-state index in [2.05, 4.69) is 39.8 Å². The fraction of sp³-hybridized carbons (Fsp3) is 0.286. The van der Waals surface area contributed by atoms with Crippen molar-refractivity contribution in [2.75, 3.05) is 6.54 Å². The monoisotopic (exact) mass is 347 g/mol. The summed E-state index contributed by atoms with van der Waals surface area (Å²) < 4.78 is 5.63. The van der Waals surface area contributed by atoms with Gasteiger partial charge >= 0.3 is 0 Å². The average Bonchev–Trinajstić information content (AvgIpc) is 3.33. The first kappa shape index (κ1) is 16.5. The van der Waals surface area contributed by atoms with E-state index >= 15 is 0 Å². The van der Waals surface area contributed by atoms with Gasteiger partial charge in [-0.15, -0.1) is 10.2 Å². The molecule has 1 fully saturated rings. The highest BCUT2D eigenvalue weighted by atomic mass is 16.4. The zero-order chi connectivity index (χ0) is 17.8. The summed E-state index contributed by atoms with van der Waals surface area (Å²) in [6, 6.07) is 20.1. The second-order valence-corrected chi connectivity index (χ2v) is 6.68. The third-order valence-electron chi connectivity index (χ3n) is 4.77. The highest BCUT2D eigenvalue weighted by Gasteiger charge is 2.37. The molecule has 1 aliphatic rings. The van der Waals surface area contributed by atoms with Crippen LogP contribution in [-0.2, 0) is 11.2 Å². The Labute approximate surface area is 152 Å². The minimum atomic E-state index is 0.0307. The van der Waals surface area contributed by atoms with Gasteiger partial charge in [0.2, 0.25) is 17.7 Å². The van der Waals surface area contributed by atoms with Crippen molar-refractivity contribution in [3.8, 4) is 11.5 Å². The van der Waals surface area contributed by atoms with Gasteiger partial charge in [0.1, 0.15) is 0 Å². The van der Waals surface area contributed by atoms with Gasteiger partial charge in [0, 0.05) is 24.9 Å². The molecule has 0 radical (unpaired) electrons. The molecule has 0 spiro atoms. The maximum Gasteiger partial charge on any atom is 0.247 e. The number of nitrogens with zero attached hydrogens (tertiary/aromatic N) is 2. The van der Waals surface area contributed by atoms with E-state index < -0.39 is 0 Å². The first-order valence-electron chi connectivity index (χ1n) is 8.99. The summed E-state index contributed by atoms with van der Waals surface area (Å²) >= 11 is 0. The van der Waals surface area contributed by atoms with Crippen LogP contribution in [0.5, 0.6) is 0 Å². The van der Waals surface area contributed by atoms with Gasteiger partial charge in [0.05, 0.1) is 0 Å². The molecule has 3 aromatic rings. The van der Waals surface area contributed by atoms with E-state index in [1.54, 1.807) is 0 Å². The van der Waals surface area contributed by atoms with Crippen LogP contribution in [0.15, 0.2) is 65.1 Å². The highest BCUT2D eigenvalue weighted by molar-refractivity contribution is 5.76. The molecule has 2 atom stereocenters. The molecule has 1 aliphatic carbocycles. The zero-order valence-corrected chi connectivity index (χ0v) is 14.5. The standard InChI is InChI=1S/C21H21N3O2/c25-19(22-14-17-13-18(17)15-7-3-1-4-8-15)11-12-20-23-24-21(26-20)16-9-5-2-6-10-16/h1-10,17-18H,11-14H2,(H,22,25). The number of nitrogens with one attached hydrogen (secondary N) is 1. The van der Waals surface area contributed by atoms with Crippen LogP contribution in [0.2, 0.25) is 0 Å². The van der Waals surface area contributed by atoms with E-state index in [0.717, 1.165) is 18.5 Å². The molecule has 2 unspecified atom stereocenters. The van der Waals surface area contributed by atoms with Crippen molar-refractivity contribution >= 4 is 5.91 Å². The molecule has 0 bridgehead atoms. The van der Waals surface area contributed by atoms with E-state index in [0.29, 0.717) is 36.5 Å². The summed E-state index contributed by atoms with van der Waals surface area (Å²) in [5, 5.41) is 11.1. The smallest absolute Gasteiger partial charge is 0.247 e. The Kier molecular flexibility index (Phi) is 4.78. The maximum atomic E-state index is 12.1. The Bertz CT molecular complexity index is 861. The van der Waals surface area contributed by atoms with E-state index in [-0.39, 0.29) is 5.91 Å². The number of carbonyl (C=O) groups excluding carboxylic acids is 1. The largest absolute Gasteiger partial charge is 0.421 e. The normalized spacial score (nSPS) is 18.5. The Morgan fingerprint density at radius 3 is 2.54 bits per heavy atom. The van der Waals surface area contributed by atoms with Crippen molar-refractivity contribution in [2.45, 2.75) is 25.2 Å². The summed E-state index contributed by atoms with van der Waals surface area (Å²) in [7, 11) is 0. The fourth-order valence-corrected chi connectivity index (χ4v) is 3.19. The summed E-state index contributed by atoms with van der Waals surface area (Å²) in [6.45, 7) is 0.734. The lowest BCUT2D eigenvalue weighted by molar-refractivity contribution is -0.121. The Hall–Kier alpha value is -2.95. The zero-order valence-electron chi connectivity index (χ0n) is 14.5. The van der Waals surface area contributed by atoms with Crippen LogP contribution in [0.4, 0.5) is 0 Å². The number of rotatable bonds is 7. The number of amides is 1. The van der Waals surface area contributed by atoms with Crippen LogP contribution in [-0.4, -0.2) is 22.6 Å². The molecule has 4 rings (SSSR count). The van der Waals surface area contributed by atoms with E-state index in [1.807, 2.05) is 36.4 Å². The van der Waals surface area contributed by atoms with Gasteiger partial charge in [-0.3, -0.25) is 4.79 Å². The molecule has 1 aromatic heterocycles. The number of aryl methyl sites for hydroxylation is 1. The van der Waals surface area contributed by atoms with Gasteiger partial charge in [0.25, 0.3) is 0 Å². The summed E-state index contributed by atoms with van der Waals surface area (Å²) in [5.74, 6) is 2.15. The quantitative estimate of drug-likeness (QED) is 0.709. The number of hydrogen-bond donors (Lipinski definition) is 1. The van der Waals surface area contributed by atoms with Crippen molar-refractivity contribution in [3.05, 3.63) is 72.1 Å². The number of benzene rings is 2. The average molecular weight is 347 g/mol. The van der Waals surface area contributed by atoms with Crippen LogP contribution in [0.1, 0.15) is 30.2 Å². The predicted octanol–water partition coefficient (Wildman–Crippen LogP) is 3.59. The van der Waals surface area contributed by atoms with Gasteiger partial charge in [-0.1, -0.05) is 48.5 Å². The van der Waals surface area contributed by atoms with Crippen LogP contribution in [0, 0.1) is 5.92 Å². The van der Waals surface area contributed by atoms with Crippen molar-refractivity contribution in [1.82, 2.24) is 15.5 Å². The third-order valence-corrected chi connectivity index (χ3v) is 4.77. The predicted molar refractivity (Wildman–Crippen MR) is 98.4 cm³/mol. The van der Waals surface area contributed by atoms with Crippen LogP contribution >= 0.6 is 0 Å². The highest BCUT2D eigenvalue weighted by Crippen LogP contribution is 2.46. The van der Waals surface area contributed by atoms with E-state index in [1.165, 1.54) is 5.56 Å². The second-order valence-electron chi connectivity index (χ2n) is 6.68. The maximum absolute atomic E-state index is 12.1. The van der Waals surface area contributed by atoms with Gasteiger partial charge in [-0.25, -0.2) is 0 Å². The lowest BCUT2D eigenvalue weighted by atomic mass is 10.1. The molecule has 5 nitrogen and oxygen atoms in total. The summed E-state index contributed by atoms with van der Waals surface area (Å²) in [4.78, 5) is 12.1. The summed E-state index contributed by atoms with van der Waals surface area (Å²) in [6.07, 6.45) is 1.96. The Morgan fingerprint density at radius 2 is 1.77 bits per heavy atom. The molecule has 132 valence electrons. The molecule has 0 saturated heterocycles. The number of carbonyl (C=O) groups is 1. The van der Waals surface area contributed by atoms with Crippen molar-refractivity contribution in [1.29, 1.82) is 0 Å². The fourth-order valence-electron chi connectivity index (χ4n) is 3.19. The second kappa shape index (κ2) is 7.52. The molecular weight excluding hydrogens is 326 g/mol. The SMILES string of the molecule is O=C(CCc1nnc(-c2ccccc2)o1)NCC1CC1c1ccccc1. The van der Waals surface area contributed by atoms with Crippen molar-refractivity contribution < 1.29 is 9.21 Å².